The lowest BCUT2D eigenvalue weighted by atomic mass is 10.1. The van der Waals surface area contributed by atoms with Crippen LogP contribution in [-0.2, 0) is 11.2 Å². The van der Waals surface area contributed by atoms with Gasteiger partial charge in [-0.1, -0.05) is 49.4 Å². The summed E-state index contributed by atoms with van der Waals surface area (Å²) in [5.74, 6) is -1.12. The average molecular weight is 298 g/mol. The Morgan fingerprint density at radius 2 is 1.64 bits per heavy atom. The summed E-state index contributed by atoms with van der Waals surface area (Å²) < 4.78 is 0. The molecule has 1 atom stereocenters. The Hall–Kier alpha value is -2.66. The predicted molar refractivity (Wildman–Crippen MR) is 82.8 cm³/mol. The van der Waals surface area contributed by atoms with Crippen molar-refractivity contribution >= 4 is 11.8 Å². The van der Waals surface area contributed by atoms with E-state index in [-0.39, 0.29) is 0 Å². The highest BCUT2D eigenvalue weighted by molar-refractivity contribution is 5.95. The van der Waals surface area contributed by atoms with Crippen LogP contribution in [0.25, 0.3) is 0 Å². The van der Waals surface area contributed by atoms with Gasteiger partial charge in [0.2, 0.25) is 0 Å². The minimum absolute atomic E-state index is 0.434. The van der Waals surface area contributed by atoms with E-state index < -0.39 is 17.9 Å². The third kappa shape index (κ3) is 3.93. The van der Waals surface area contributed by atoms with Gasteiger partial charge in [0.15, 0.2) is 6.10 Å². The van der Waals surface area contributed by atoms with Gasteiger partial charge in [-0.2, -0.15) is 0 Å². The van der Waals surface area contributed by atoms with Gasteiger partial charge in [-0.05, 0) is 29.7 Å². The monoisotopic (exact) mass is 298 g/mol. The van der Waals surface area contributed by atoms with Crippen molar-refractivity contribution in [2.45, 2.75) is 19.4 Å². The summed E-state index contributed by atoms with van der Waals surface area (Å²) in [5, 5.41) is 9.88. The van der Waals surface area contributed by atoms with Crippen molar-refractivity contribution in [3.8, 4) is 0 Å². The zero-order chi connectivity index (χ0) is 15.9. The molecular formula is C17H18N2O3. The number of benzene rings is 2. The second-order valence-corrected chi connectivity index (χ2v) is 4.81. The number of amides is 2. The largest absolute Gasteiger partial charge is 0.378 e. The molecule has 1 unspecified atom stereocenters. The Balaban J connectivity index is 1.91. The van der Waals surface area contributed by atoms with Crippen LogP contribution in [0.15, 0.2) is 54.6 Å². The first-order valence-corrected chi connectivity index (χ1v) is 7.04. The van der Waals surface area contributed by atoms with Gasteiger partial charge in [0.25, 0.3) is 11.8 Å². The van der Waals surface area contributed by atoms with E-state index in [1.54, 1.807) is 42.5 Å². The lowest BCUT2D eigenvalue weighted by molar-refractivity contribution is -0.130. The second-order valence-electron chi connectivity index (χ2n) is 4.81. The van der Waals surface area contributed by atoms with Crippen LogP contribution in [-0.4, -0.2) is 16.9 Å². The molecule has 5 nitrogen and oxygen atoms in total. The lowest BCUT2D eigenvalue weighted by Crippen LogP contribution is -2.43. The normalized spacial score (nSPS) is 11.5. The number of aliphatic hydroxyl groups excluding tert-OH is 1. The maximum absolute atomic E-state index is 11.9. The third-order valence-electron chi connectivity index (χ3n) is 3.29. The summed E-state index contributed by atoms with van der Waals surface area (Å²) in [6.07, 6.45) is -0.439. The lowest BCUT2D eigenvalue weighted by Gasteiger charge is -2.12. The van der Waals surface area contributed by atoms with Crippen LogP contribution in [0.5, 0.6) is 0 Å². The number of nitrogens with one attached hydrogen (secondary N) is 2. The first-order chi connectivity index (χ1) is 10.6. The molecule has 0 bridgehead atoms. The fraction of sp³-hybridized carbons (Fsp3) is 0.176. The van der Waals surface area contributed by atoms with Gasteiger partial charge in [0.05, 0.1) is 0 Å². The van der Waals surface area contributed by atoms with Gasteiger partial charge in [-0.25, -0.2) is 0 Å². The molecule has 0 aliphatic rings. The summed E-state index contributed by atoms with van der Waals surface area (Å²) >= 11 is 0. The maximum Gasteiger partial charge on any atom is 0.271 e. The number of aryl methyl sites for hydroxylation is 1. The van der Waals surface area contributed by atoms with E-state index >= 15 is 0 Å². The minimum Gasteiger partial charge on any atom is -0.378 e. The molecule has 2 amide bonds. The first-order valence-electron chi connectivity index (χ1n) is 7.04. The number of hydrogen-bond acceptors (Lipinski definition) is 3. The van der Waals surface area contributed by atoms with Crippen molar-refractivity contribution in [3.05, 3.63) is 71.3 Å². The predicted octanol–water partition coefficient (Wildman–Crippen LogP) is 1.74. The molecule has 22 heavy (non-hydrogen) atoms. The summed E-state index contributed by atoms with van der Waals surface area (Å²) in [7, 11) is 0. The van der Waals surface area contributed by atoms with Crippen LogP contribution < -0.4 is 10.9 Å². The van der Waals surface area contributed by atoms with Crippen molar-refractivity contribution < 1.29 is 14.7 Å². The van der Waals surface area contributed by atoms with Gasteiger partial charge < -0.3 is 5.11 Å². The topological polar surface area (TPSA) is 78.4 Å². The average Bonchev–Trinajstić information content (AvgIpc) is 2.59. The number of hydrogen-bond donors (Lipinski definition) is 3. The fourth-order valence-corrected chi connectivity index (χ4v) is 1.94. The standard InChI is InChI=1S/C17H18N2O3/c1-2-12-8-10-14(11-9-12)16(21)18-19-17(22)15(20)13-6-4-3-5-7-13/h3-11,15,20H,2H2,1H3,(H,18,21)(H,19,22). The Bertz CT molecular complexity index is 639. The minimum atomic E-state index is -1.33. The molecule has 0 aliphatic carbocycles. The highest BCUT2D eigenvalue weighted by atomic mass is 16.3. The molecule has 0 heterocycles. The van der Waals surface area contributed by atoms with Crippen LogP contribution in [0.4, 0.5) is 0 Å². The molecule has 0 spiro atoms. The highest BCUT2D eigenvalue weighted by Gasteiger charge is 2.17. The summed E-state index contributed by atoms with van der Waals surface area (Å²) in [4.78, 5) is 23.7. The van der Waals surface area contributed by atoms with Gasteiger partial charge >= 0.3 is 0 Å². The number of rotatable bonds is 4. The van der Waals surface area contributed by atoms with E-state index in [2.05, 4.69) is 10.9 Å². The second kappa shape index (κ2) is 7.38. The van der Waals surface area contributed by atoms with E-state index in [0.717, 1.165) is 12.0 Å². The zero-order valence-electron chi connectivity index (χ0n) is 12.2. The van der Waals surface area contributed by atoms with E-state index in [9.17, 15) is 14.7 Å². The smallest absolute Gasteiger partial charge is 0.271 e. The molecule has 2 rings (SSSR count). The highest BCUT2D eigenvalue weighted by Crippen LogP contribution is 2.11. The summed E-state index contributed by atoms with van der Waals surface area (Å²) in [5.41, 5.74) is 6.53. The SMILES string of the molecule is CCc1ccc(C(=O)NNC(=O)C(O)c2ccccc2)cc1. The summed E-state index contributed by atoms with van der Waals surface area (Å²) in [6.45, 7) is 2.03. The molecule has 5 heteroatoms. The van der Waals surface area contributed by atoms with E-state index in [4.69, 9.17) is 0 Å². The van der Waals surface area contributed by atoms with Gasteiger partial charge in [-0.15, -0.1) is 0 Å². The quantitative estimate of drug-likeness (QED) is 0.752. The number of hydrazine groups is 1. The Morgan fingerprint density at radius 3 is 2.23 bits per heavy atom. The number of carbonyl (C=O) groups is 2. The van der Waals surface area contributed by atoms with E-state index in [1.165, 1.54) is 0 Å². The van der Waals surface area contributed by atoms with Crippen molar-refractivity contribution in [2.24, 2.45) is 0 Å². The Morgan fingerprint density at radius 1 is 1.00 bits per heavy atom. The van der Waals surface area contributed by atoms with Crippen LogP contribution >= 0.6 is 0 Å². The summed E-state index contributed by atoms with van der Waals surface area (Å²) in [6, 6.07) is 15.6. The Kier molecular flexibility index (Phi) is 5.27. The Labute approximate surface area is 129 Å². The van der Waals surface area contributed by atoms with Crippen LogP contribution in [0.1, 0.15) is 34.5 Å². The van der Waals surface area contributed by atoms with Crippen LogP contribution in [0, 0.1) is 0 Å². The van der Waals surface area contributed by atoms with Crippen LogP contribution in [0.2, 0.25) is 0 Å². The van der Waals surface area contributed by atoms with Crippen molar-refractivity contribution in [1.82, 2.24) is 10.9 Å². The zero-order valence-corrected chi connectivity index (χ0v) is 12.2. The fourth-order valence-electron chi connectivity index (χ4n) is 1.94. The molecule has 0 fully saturated rings. The molecular weight excluding hydrogens is 280 g/mol. The number of aliphatic hydroxyl groups is 1. The molecule has 0 saturated carbocycles. The molecule has 2 aromatic rings. The van der Waals surface area contributed by atoms with Crippen LogP contribution in [0.3, 0.4) is 0 Å². The molecule has 114 valence electrons. The van der Waals surface area contributed by atoms with E-state index in [1.807, 2.05) is 19.1 Å². The van der Waals surface area contributed by atoms with Crippen molar-refractivity contribution in [3.63, 3.8) is 0 Å². The molecule has 2 aromatic carbocycles. The van der Waals surface area contributed by atoms with Crippen molar-refractivity contribution in [1.29, 1.82) is 0 Å². The van der Waals surface area contributed by atoms with E-state index in [0.29, 0.717) is 11.1 Å². The molecule has 0 saturated heterocycles. The maximum atomic E-state index is 11.9. The molecule has 0 aliphatic heterocycles. The van der Waals surface area contributed by atoms with Crippen molar-refractivity contribution in [2.75, 3.05) is 0 Å². The molecule has 0 aromatic heterocycles. The molecule has 0 radical (unpaired) electrons. The molecule has 3 N–H and O–H groups in total. The third-order valence-corrected chi connectivity index (χ3v) is 3.29. The first kappa shape index (κ1) is 15.7. The van der Waals surface area contributed by atoms with Gasteiger partial charge in [-0.3, -0.25) is 20.4 Å². The van der Waals surface area contributed by atoms with Gasteiger partial charge in [0, 0.05) is 5.56 Å². The number of carbonyl (C=O) groups excluding carboxylic acids is 2. The van der Waals surface area contributed by atoms with Gasteiger partial charge in [0.1, 0.15) is 0 Å².